The van der Waals surface area contributed by atoms with Crippen molar-refractivity contribution in [1.82, 2.24) is 10.3 Å². The number of carbonyl (C=O) groups excluding carboxylic acids is 1. The molecule has 5 heteroatoms. The summed E-state index contributed by atoms with van der Waals surface area (Å²) in [6.45, 7) is 0.440. The van der Waals surface area contributed by atoms with Crippen LogP contribution in [0.25, 0.3) is 0 Å². The molecule has 0 fully saturated rings. The summed E-state index contributed by atoms with van der Waals surface area (Å²) < 4.78 is 9.77. The zero-order valence-corrected chi connectivity index (χ0v) is 9.34. The number of aromatic nitrogens is 1. The molecule has 0 aliphatic carbocycles. The molecule has 5 nitrogen and oxygen atoms in total. The summed E-state index contributed by atoms with van der Waals surface area (Å²) in [7, 11) is 1.61. The van der Waals surface area contributed by atoms with Gasteiger partial charge < -0.3 is 14.5 Å². The third-order valence-electron chi connectivity index (χ3n) is 2.28. The quantitative estimate of drug-likeness (QED) is 0.869. The molecule has 0 aliphatic heterocycles. The molecule has 88 valence electrons. The Labute approximate surface area is 98.4 Å². The third kappa shape index (κ3) is 2.84. The van der Waals surface area contributed by atoms with Gasteiger partial charge in [0.25, 0.3) is 5.91 Å². The van der Waals surface area contributed by atoms with Crippen LogP contribution in [0.4, 0.5) is 0 Å². The second-order valence-electron chi connectivity index (χ2n) is 3.40. The van der Waals surface area contributed by atoms with Crippen LogP contribution in [-0.4, -0.2) is 18.0 Å². The zero-order chi connectivity index (χ0) is 12.1. The molecule has 2 rings (SSSR count). The normalized spacial score (nSPS) is 9.94. The Morgan fingerprint density at radius 1 is 1.41 bits per heavy atom. The fraction of sp³-hybridized carbons (Fsp3) is 0.167. The summed E-state index contributed by atoms with van der Waals surface area (Å²) in [5, 5.41) is 2.74. The molecule has 0 atom stereocenters. The first kappa shape index (κ1) is 11.2. The van der Waals surface area contributed by atoms with E-state index >= 15 is 0 Å². The molecule has 0 unspecified atom stereocenters. The summed E-state index contributed by atoms with van der Waals surface area (Å²) in [6.07, 6.45) is 2.53. The number of carbonyl (C=O) groups is 1. The van der Waals surface area contributed by atoms with Crippen LogP contribution in [0, 0.1) is 0 Å². The van der Waals surface area contributed by atoms with Gasteiger partial charge in [0.15, 0.2) is 12.1 Å². The minimum atomic E-state index is -0.255. The second kappa shape index (κ2) is 5.16. The monoisotopic (exact) mass is 232 g/mol. The van der Waals surface area contributed by atoms with Gasteiger partial charge in [-0.2, -0.15) is 0 Å². The molecule has 17 heavy (non-hydrogen) atoms. The van der Waals surface area contributed by atoms with Crippen LogP contribution < -0.4 is 10.1 Å². The van der Waals surface area contributed by atoms with Gasteiger partial charge in [0, 0.05) is 6.54 Å². The summed E-state index contributed by atoms with van der Waals surface area (Å²) in [4.78, 5) is 15.3. The van der Waals surface area contributed by atoms with Gasteiger partial charge >= 0.3 is 0 Å². The highest BCUT2D eigenvalue weighted by Crippen LogP contribution is 2.11. The molecule has 1 N–H and O–H groups in total. The minimum Gasteiger partial charge on any atom is -0.497 e. The van der Waals surface area contributed by atoms with E-state index in [1.165, 1.54) is 12.7 Å². The Morgan fingerprint density at radius 2 is 2.18 bits per heavy atom. The molecule has 0 bridgehead atoms. The van der Waals surface area contributed by atoms with E-state index in [2.05, 4.69) is 10.3 Å². The lowest BCUT2D eigenvalue weighted by Gasteiger charge is -2.04. The molecule has 0 radical (unpaired) electrons. The van der Waals surface area contributed by atoms with E-state index in [1.54, 1.807) is 7.11 Å². The topological polar surface area (TPSA) is 64.4 Å². The Balaban J connectivity index is 1.91. The van der Waals surface area contributed by atoms with Crippen LogP contribution in [0.2, 0.25) is 0 Å². The van der Waals surface area contributed by atoms with Crippen molar-refractivity contribution in [3.63, 3.8) is 0 Å². The van der Waals surface area contributed by atoms with Gasteiger partial charge in [-0.25, -0.2) is 4.98 Å². The minimum absolute atomic E-state index is 0.255. The van der Waals surface area contributed by atoms with E-state index in [0.29, 0.717) is 6.54 Å². The Morgan fingerprint density at radius 3 is 2.76 bits per heavy atom. The number of benzene rings is 1. The lowest BCUT2D eigenvalue weighted by atomic mass is 10.2. The number of hydrogen-bond acceptors (Lipinski definition) is 4. The molecule has 2 aromatic rings. The molecular weight excluding hydrogens is 220 g/mol. The maximum Gasteiger partial charge on any atom is 0.273 e. The van der Waals surface area contributed by atoms with Crippen molar-refractivity contribution in [3.8, 4) is 5.75 Å². The van der Waals surface area contributed by atoms with Crippen molar-refractivity contribution in [3.05, 3.63) is 48.2 Å². The average molecular weight is 232 g/mol. The summed E-state index contributed by atoms with van der Waals surface area (Å²) in [5.74, 6) is 0.533. The number of oxazole rings is 1. The SMILES string of the molecule is COc1ccc(CNC(=O)c2cocn2)cc1. The van der Waals surface area contributed by atoms with E-state index in [-0.39, 0.29) is 11.6 Å². The Hall–Kier alpha value is -2.30. The highest BCUT2D eigenvalue weighted by Gasteiger charge is 2.07. The predicted molar refractivity (Wildman–Crippen MR) is 60.7 cm³/mol. The fourth-order valence-corrected chi connectivity index (χ4v) is 1.34. The van der Waals surface area contributed by atoms with E-state index in [0.717, 1.165) is 11.3 Å². The number of ether oxygens (including phenoxy) is 1. The van der Waals surface area contributed by atoms with Gasteiger partial charge in [-0.3, -0.25) is 4.79 Å². The molecular formula is C12H12N2O3. The standard InChI is InChI=1S/C12H12N2O3/c1-16-10-4-2-9(3-5-10)6-13-12(15)11-7-17-8-14-11/h2-5,7-8H,6H2,1H3,(H,13,15). The number of amides is 1. The van der Waals surface area contributed by atoms with Crippen LogP contribution in [0.1, 0.15) is 16.1 Å². The van der Waals surface area contributed by atoms with E-state index in [1.807, 2.05) is 24.3 Å². The van der Waals surface area contributed by atoms with E-state index in [9.17, 15) is 4.79 Å². The van der Waals surface area contributed by atoms with Crippen molar-refractivity contribution in [1.29, 1.82) is 0 Å². The molecule has 1 aromatic carbocycles. The molecule has 1 aromatic heterocycles. The first-order valence-electron chi connectivity index (χ1n) is 5.09. The molecule has 1 amide bonds. The Bertz CT molecular complexity index is 477. The number of nitrogens with one attached hydrogen (secondary N) is 1. The van der Waals surface area contributed by atoms with Gasteiger partial charge in [-0.15, -0.1) is 0 Å². The maximum atomic E-state index is 11.5. The summed E-state index contributed by atoms with van der Waals surface area (Å²) >= 11 is 0. The first-order valence-corrected chi connectivity index (χ1v) is 5.09. The predicted octanol–water partition coefficient (Wildman–Crippen LogP) is 1.61. The van der Waals surface area contributed by atoms with E-state index in [4.69, 9.17) is 9.15 Å². The maximum absolute atomic E-state index is 11.5. The zero-order valence-electron chi connectivity index (χ0n) is 9.34. The van der Waals surface area contributed by atoms with Crippen molar-refractivity contribution in [2.45, 2.75) is 6.54 Å². The molecule has 0 saturated heterocycles. The van der Waals surface area contributed by atoms with Crippen molar-refractivity contribution in [2.24, 2.45) is 0 Å². The highest BCUT2D eigenvalue weighted by atomic mass is 16.5. The second-order valence-corrected chi connectivity index (χ2v) is 3.40. The number of methoxy groups -OCH3 is 1. The lowest BCUT2D eigenvalue weighted by molar-refractivity contribution is 0.0946. The first-order chi connectivity index (χ1) is 8.29. The van der Waals surface area contributed by atoms with Crippen LogP contribution in [0.15, 0.2) is 41.3 Å². The molecule has 1 heterocycles. The lowest BCUT2D eigenvalue weighted by Crippen LogP contribution is -2.22. The van der Waals surface area contributed by atoms with E-state index < -0.39 is 0 Å². The van der Waals surface area contributed by atoms with Gasteiger partial charge in [0.1, 0.15) is 12.0 Å². The summed E-state index contributed by atoms with van der Waals surface area (Å²) in [6, 6.07) is 7.47. The van der Waals surface area contributed by atoms with Gasteiger partial charge in [-0.1, -0.05) is 12.1 Å². The van der Waals surface area contributed by atoms with Crippen LogP contribution in [0.3, 0.4) is 0 Å². The molecule has 0 spiro atoms. The van der Waals surface area contributed by atoms with Gasteiger partial charge in [0.2, 0.25) is 0 Å². The van der Waals surface area contributed by atoms with Crippen LogP contribution in [0.5, 0.6) is 5.75 Å². The summed E-state index contributed by atoms with van der Waals surface area (Å²) in [5.41, 5.74) is 1.26. The molecule has 0 aliphatic rings. The molecule has 0 saturated carbocycles. The fourth-order valence-electron chi connectivity index (χ4n) is 1.34. The Kier molecular flexibility index (Phi) is 3.40. The smallest absolute Gasteiger partial charge is 0.273 e. The number of hydrogen-bond donors (Lipinski definition) is 1. The third-order valence-corrected chi connectivity index (χ3v) is 2.28. The van der Waals surface area contributed by atoms with Crippen LogP contribution >= 0.6 is 0 Å². The van der Waals surface area contributed by atoms with Gasteiger partial charge in [-0.05, 0) is 17.7 Å². The van der Waals surface area contributed by atoms with Crippen molar-refractivity contribution in [2.75, 3.05) is 7.11 Å². The number of nitrogens with zero attached hydrogens (tertiary/aromatic N) is 1. The van der Waals surface area contributed by atoms with Crippen molar-refractivity contribution >= 4 is 5.91 Å². The van der Waals surface area contributed by atoms with Crippen LogP contribution in [-0.2, 0) is 6.54 Å². The van der Waals surface area contributed by atoms with Gasteiger partial charge in [0.05, 0.1) is 7.11 Å². The van der Waals surface area contributed by atoms with Crippen molar-refractivity contribution < 1.29 is 13.9 Å². The number of rotatable bonds is 4. The highest BCUT2D eigenvalue weighted by molar-refractivity contribution is 5.91. The largest absolute Gasteiger partial charge is 0.497 e. The average Bonchev–Trinajstić information content (AvgIpc) is 2.90.